The Labute approximate surface area is 354 Å². The Morgan fingerprint density at radius 2 is 0.109 bits per heavy atom. The van der Waals surface area contributed by atoms with Gasteiger partial charge in [0.05, 0.1) is 0 Å². The van der Waals surface area contributed by atoms with Gasteiger partial charge in [0.1, 0.15) is 0 Å². The van der Waals surface area contributed by atoms with Gasteiger partial charge in [-0.05, 0) is 0 Å². The van der Waals surface area contributed by atoms with Gasteiger partial charge in [-0.15, -0.1) is 0 Å². The summed E-state index contributed by atoms with van der Waals surface area (Å²) in [4.78, 5) is 0. The highest BCUT2D eigenvalue weighted by Gasteiger charge is 1.60. The lowest BCUT2D eigenvalue weighted by atomic mass is 10.4. The van der Waals surface area contributed by atoms with Crippen LogP contribution in [0.2, 0.25) is 0 Å². The van der Waals surface area contributed by atoms with Gasteiger partial charge in [-0.2, -0.15) is 0 Å². The van der Waals surface area contributed by atoms with Crippen molar-refractivity contribution in [2.75, 3.05) is 0 Å². The lowest BCUT2D eigenvalue weighted by Gasteiger charge is -1.69. The van der Waals surface area contributed by atoms with Gasteiger partial charge in [0.25, 0.3) is 0 Å². The minimum atomic E-state index is 0. The van der Waals surface area contributed by atoms with Crippen LogP contribution in [0.15, 0.2) is 182 Å². The molecule has 0 saturated heterocycles. The van der Waals surface area contributed by atoms with E-state index in [1.54, 1.807) is 0 Å². The van der Waals surface area contributed by atoms with E-state index in [0.717, 1.165) is 0 Å². The van der Waals surface area contributed by atoms with E-state index in [9.17, 15) is 0 Å². The fourth-order valence-electron chi connectivity index (χ4n) is 1.92. The van der Waals surface area contributed by atoms with Gasteiger partial charge >= 0.3 is 0 Å². The number of hydrogen-bond acceptors (Lipinski definition) is 0. The van der Waals surface area contributed by atoms with Gasteiger partial charge in [-0.1, -0.05) is 356 Å². The summed E-state index contributed by atoms with van der Waals surface area (Å²) < 4.78 is 0. The van der Waals surface area contributed by atoms with E-state index < -0.39 is 0 Å². The lowest BCUT2D eigenvalue weighted by molar-refractivity contribution is 1.50. The summed E-state index contributed by atoms with van der Waals surface area (Å²) in [6, 6.07) is 60.0. The molecule has 0 heteroatoms. The molecular weight excluding hydrogens is 661 g/mol. The van der Waals surface area contributed by atoms with Crippen LogP contribution in [-0.2, 0) is 0 Å². The van der Waals surface area contributed by atoms with Crippen molar-refractivity contribution in [1.29, 1.82) is 0 Å². The summed E-state index contributed by atoms with van der Waals surface area (Å²) in [6.45, 7) is 48.0. The predicted molar refractivity (Wildman–Crippen MR) is 275 cm³/mol. The second kappa shape index (κ2) is 177. The van der Waals surface area contributed by atoms with Gasteiger partial charge in [0.15, 0.2) is 0 Å². The molecule has 0 aliphatic heterocycles. The maximum Gasteiger partial charge on any atom is -0.0623 e. The fraction of sp³-hybridized carbons (Fsp3) is 0.455. The smallest absolute Gasteiger partial charge is 0.0623 e. The van der Waals surface area contributed by atoms with Crippen molar-refractivity contribution < 1.29 is 0 Å². The summed E-state index contributed by atoms with van der Waals surface area (Å²) in [5, 5.41) is 0. The Kier molecular flexibility index (Phi) is 285. The molecular formula is C55H106. The second-order valence-electron chi connectivity index (χ2n) is 5.77. The zero-order valence-electron chi connectivity index (χ0n) is 41.3. The third kappa shape index (κ3) is 170. The predicted octanol–water partition coefficient (Wildman–Crippen LogP) is 21.4. The second-order valence-corrected chi connectivity index (χ2v) is 5.77. The van der Waals surface area contributed by atoms with Crippen molar-refractivity contribution in [2.24, 2.45) is 0 Å². The summed E-state index contributed by atoms with van der Waals surface area (Å²) in [5.74, 6) is 0. The third-order valence-corrected chi connectivity index (χ3v) is 3.33. The molecule has 0 unspecified atom stereocenters. The molecule has 0 radical (unpaired) electrons. The fourth-order valence-corrected chi connectivity index (χ4v) is 1.92. The van der Waals surface area contributed by atoms with Crippen LogP contribution in [0, 0.1) is 0 Å². The van der Waals surface area contributed by atoms with E-state index in [2.05, 4.69) is 0 Å². The van der Waals surface area contributed by atoms with Crippen molar-refractivity contribution >= 4 is 0 Å². The van der Waals surface area contributed by atoms with E-state index in [1.807, 2.05) is 348 Å². The van der Waals surface area contributed by atoms with E-state index >= 15 is 0 Å². The molecule has 0 bridgehead atoms. The van der Waals surface area contributed by atoms with Crippen LogP contribution in [0.4, 0.5) is 0 Å². The van der Waals surface area contributed by atoms with Crippen LogP contribution < -0.4 is 0 Å². The molecule has 5 aromatic rings. The first-order valence-electron chi connectivity index (χ1n) is 22.0. The van der Waals surface area contributed by atoms with Crippen molar-refractivity contribution in [3.8, 4) is 0 Å². The Hall–Kier alpha value is -3.90. The minimum Gasteiger partial charge on any atom is -0.0776 e. The van der Waals surface area contributed by atoms with Crippen LogP contribution >= 0.6 is 0 Å². The molecule has 0 aromatic heterocycles. The topological polar surface area (TPSA) is 0 Å². The average molecular weight is 767 g/mol. The molecule has 0 N–H and O–H groups in total. The van der Waals surface area contributed by atoms with Crippen molar-refractivity contribution in [2.45, 2.75) is 174 Å². The van der Waals surface area contributed by atoms with Crippen molar-refractivity contribution in [1.82, 2.24) is 0 Å². The highest BCUT2D eigenvalue weighted by molar-refractivity contribution is 5.01. The first kappa shape index (κ1) is 88.4. The maximum atomic E-state index is 2.00. The van der Waals surface area contributed by atoms with Gasteiger partial charge in [0.2, 0.25) is 0 Å². The van der Waals surface area contributed by atoms with Crippen molar-refractivity contribution in [3.05, 3.63) is 182 Å². The van der Waals surface area contributed by atoms with Gasteiger partial charge in [-0.25, -0.2) is 0 Å². The number of benzene rings is 5. The van der Waals surface area contributed by atoms with E-state index in [1.165, 1.54) is 0 Å². The molecule has 0 heterocycles. The minimum absolute atomic E-state index is 0. The molecule has 0 saturated carbocycles. The molecule has 55 heavy (non-hydrogen) atoms. The van der Waals surface area contributed by atoms with Crippen molar-refractivity contribution in [3.63, 3.8) is 0 Å². The molecule has 0 fully saturated rings. The van der Waals surface area contributed by atoms with Crippen LogP contribution in [-0.4, -0.2) is 0 Å². The monoisotopic (exact) mass is 767 g/mol. The van der Waals surface area contributed by atoms with E-state index in [0.29, 0.717) is 0 Å². The molecule has 326 valence electrons. The molecule has 0 spiro atoms. The lowest BCUT2D eigenvalue weighted by Crippen LogP contribution is -1.47. The first-order chi connectivity index (χ1) is 27.0. The molecule has 0 aliphatic carbocycles. The average Bonchev–Trinajstić information content (AvgIpc) is 3.37. The highest BCUT2D eigenvalue weighted by Crippen LogP contribution is 1.82. The Bertz CT molecular complexity index is 543. The van der Waals surface area contributed by atoms with Crippen LogP contribution in [0.1, 0.15) is 174 Å². The highest BCUT2D eigenvalue weighted by atomic mass is 13.7. The maximum absolute atomic E-state index is 2.00. The SMILES string of the molecule is C.CC.CC.CC.CC.CC.CC.CC.CC.CC.CC.CC.CC.c1ccccc1.c1ccccc1.c1ccccc1.c1ccccc1.c1ccccc1. The summed E-state index contributed by atoms with van der Waals surface area (Å²) in [7, 11) is 0. The van der Waals surface area contributed by atoms with E-state index in [-0.39, 0.29) is 7.43 Å². The van der Waals surface area contributed by atoms with Gasteiger partial charge in [-0.3, -0.25) is 0 Å². The zero-order valence-corrected chi connectivity index (χ0v) is 41.3. The van der Waals surface area contributed by atoms with E-state index in [4.69, 9.17) is 0 Å². The van der Waals surface area contributed by atoms with Gasteiger partial charge < -0.3 is 0 Å². The Balaban J connectivity index is -0.0000000320. The normalized spacial score (nSPS) is 5.67. The first-order valence-corrected chi connectivity index (χ1v) is 22.0. The molecule has 5 aromatic carbocycles. The molecule has 0 amide bonds. The number of hydrogen-bond donors (Lipinski definition) is 0. The van der Waals surface area contributed by atoms with Crippen LogP contribution in [0.5, 0.6) is 0 Å². The standard InChI is InChI=1S/5C6H6.12C2H6.CH4/c5*1-2-4-6-5-3-1;12*1-2;/h5*1-6H;12*1-2H3;1H4. The quantitative estimate of drug-likeness (QED) is 0.147. The summed E-state index contributed by atoms with van der Waals surface area (Å²) in [5.41, 5.74) is 0. The molecule has 5 rings (SSSR count). The molecule has 0 aliphatic rings. The molecule has 0 atom stereocenters. The summed E-state index contributed by atoms with van der Waals surface area (Å²) >= 11 is 0. The van der Waals surface area contributed by atoms with Crippen LogP contribution in [0.25, 0.3) is 0 Å². The number of rotatable bonds is 0. The Morgan fingerprint density at radius 1 is 0.0909 bits per heavy atom. The summed E-state index contributed by atoms with van der Waals surface area (Å²) in [6.07, 6.45) is 0. The van der Waals surface area contributed by atoms with Gasteiger partial charge in [0, 0.05) is 0 Å². The Morgan fingerprint density at radius 3 is 0.127 bits per heavy atom. The van der Waals surface area contributed by atoms with Crippen LogP contribution in [0.3, 0.4) is 0 Å². The third-order valence-electron chi connectivity index (χ3n) is 3.33. The molecule has 0 nitrogen and oxygen atoms in total. The largest absolute Gasteiger partial charge is 0.0776 e. The zero-order chi connectivity index (χ0) is 45.2.